The van der Waals surface area contributed by atoms with Crippen LogP contribution in [0.3, 0.4) is 0 Å². The number of anilines is 1. The van der Waals surface area contributed by atoms with E-state index in [2.05, 4.69) is 25.4 Å². The predicted octanol–water partition coefficient (Wildman–Crippen LogP) is 2.89. The summed E-state index contributed by atoms with van der Waals surface area (Å²) in [7, 11) is 0. The molecule has 0 aromatic carbocycles. The van der Waals surface area contributed by atoms with Gasteiger partial charge in [0.15, 0.2) is 0 Å². The number of aromatic nitrogens is 3. The van der Waals surface area contributed by atoms with Crippen LogP contribution >= 0.6 is 0 Å². The third-order valence-corrected chi connectivity index (χ3v) is 2.74. The van der Waals surface area contributed by atoms with Crippen molar-refractivity contribution in [3.63, 3.8) is 0 Å². The van der Waals surface area contributed by atoms with Crippen LogP contribution in [0.1, 0.15) is 38.7 Å². The van der Waals surface area contributed by atoms with Gasteiger partial charge in [-0.1, -0.05) is 5.16 Å². The molecular weight excluding hydrogens is 296 g/mol. The van der Waals surface area contributed by atoms with E-state index in [1.165, 1.54) is 0 Å². The minimum absolute atomic E-state index is 0.0221. The molecule has 0 aliphatic heterocycles. The van der Waals surface area contributed by atoms with Crippen LogP contribution in [0.2, 0.25) is 0 Å². The average Bonchev–Trinajstić information content (AvgIpc) is 3.03. The van der Waals surface area contributed by atoms with Crippen molar-refractivity contribution < 1.29 is 18.1 Å². The second-order valence-electron chi connectivity index (χ2n) is 5.63. The Hall–Kier alpha value is -2.45. The van der Waals surface area contributed by atoms with Gasteiger partial charge in [0.2, 0.25) is 5.76 Å². The van der Waals surface area contributed by atoms with Gasteiger partial charge in [-0.15, -0.1) is 0 Å². The minimum atomic E-state index is -2.73. The van der Waals surface area contributed by atoms with Gasteiger partial charge in [0.1, 0.15) is 11.5 Å². The molecule has 22 heavy (non-hydrogen) atoms. The Morgan fingerprint density at radius 2 is 2.18 bits per heavy atom. The van der Waals surface area contributed by atoms with E-state index >= 15 is 0 Å². The van der Waals surface area contributed by atoms with Crippen LogP contribution in [0.15, 0.2) is 22.9 Å². The van der Waals surface area contributed by atoms with Crippen LogP contribution in [0.25, 0.3) is 0 Å². The lowest BCUT2D eigenvalue weighted by molar-refractivity contribution is 0.112. The maximum atomic E-state index is 12.3. The Kier molecular flexibility index (Phi) is 4.43. The van der Waals surface area contributed by atoms with E-state index in [1.807, 2.05) is 20.8 Å². The molecular formula is C13H17F2N5O2. The van der Waals surface area contributed by atoms with Gasteiger partial charge in [0, 0.05) is 12.1 Å². The lowest BCUT2D eigenvalue weighted by Gasteiger charge is -2.22. The summed E-state index contributed by atoms with van der Waals surface area (Å²) in [5.74, 6) is 0.00133. The van der Waals surface area contributed by atoms with Gasteiger partial charge < -0.3 is 9.84 Å². The lowest BCUT2D eigenvalue weighted by Crippen LogP contribution is -2.32. The summed E-state index contributed by atoms with van der Waals surface area (Å²) in [5, 5.41) is 12.7. The first kappa shape index (κ1) is 15.9. The van der Waals surface area contributed by atoms with Crippen LogP contribution in [0.5, 0.6) is 0 Å². The number of hydrogen-bond acceptors (Lipinski definition) is 4. The molecule has 0 saturated heterocycles. The fraction of sp³-hybridized carbons (Fsp3) is 0.462. The molecule has 0 bridgehead atoms. The molecule has 2 heterocycles. The maximum absolute atomic E-state index is 12.3. The second-order valence-corrected chi connectivity index (χ2v) is 5.63. The van der Waals surface area contributed by atoms with Crippen molar-refractivity contribution in [2.24, 2.45) is 0 Å². The van der Waals surface area contributed by atoms with E-state index in [0.717, 1.165) is 6.07 Å². The Morgan fingerprint density at radius 1 is 1.45 bits per heavy atom. The van der Waals surface area contributed by atoms with Crippen molar-refractivity contribution in [2.45, 2.75) is 39.3 Å². The predicted molar refractivity (Wildman–Crippen MR) is 74.5 cm³/mol. The summed E-state index contributed by atoms with van der Waals surface area (Å²) in [4.78, 5) is 11.8. The number of nitrogens with zero attached hydrogens (tertiary/aromatic N) is 3. The first-order valence-electron chi connectivity index (χ1n) is 6.60. The number of alkyl halides is 2. The third kappa shape index (κ3) is 3.80. The van der Waals surface area contributed by atoms with E-state index in [-0.39, 0.29) is 17.8 Å². The zero-order chi connectivity index (χ0) is 16.3. The SMILES string of the molecule is CC(C)(C)n1nccc1NC(=O)NCc1cc(C(F)F)on1. The summed E-state index contributed by atoms with van der Waals surface area (Å²) < 4.78 is 30.8. The van der Waals surface area contributed by atoms with Crippen molar-refractivity contribution in [1.82, 2.24) is 20.3 Å². The Balaban J connectivity index is 1.92. The summed E-state index contributed by atoms with van der Waals surface area (Å²) in [6.07, 6.45) is -1.15. The normalized spacial score (nSPS) is 11.7. The molecule has 2 N–H and O–H groups in total. The smallest absolute Gasteiger partial charge is 0.320 e. The van der Waals surface area contributed by atoms with Gasteiger partial charge in [-0.3, -0.25) is 5.32 Å². The topological polar surface area (TPSA) is 85.0 Å². The summed E-state index contributed by atoms with van der Waals surface area (Å²) in [5.41, 5.74) is -0.0699. The highest BCUT2D eigenvalue weighted by atomic mass is 19.3. The van der Waals surface area contributed by atoms with E-state index in [9.17, 15) is 13.6 Å². The molecule has 0 aliphatic carbocycles. The second kappa shape index (κ2) is 6.12. The number of amides is 2. The molecule has 0 radical (unpaired) electrons. The third-order valence-electron chi connectivity index (χ3n) is 2.74. The van der Waals surface area contributed by atoms with E-state index in [4.69, 9.17) is 0 Å². The number of halogens is 2. The van der Waals surface area contributed by atoms with Gasteiger partial charge in [-0.05, 0) is 20.8 Å². The zero-order valence-electron chi connectivity index (χ0n) is 12.4. The highest BCUT2D eigenvalue weighted by Gasteiger charge is 2.19. The van der Waals surface area contributed by atoms with Gasteiger partial charge in [-0.2, -0.15) is 5.10 Å². The molecule has 0 atom stereocenters. The number of carbonyl (C=O) groups excluding carboxylic acids is 1. The fourth-order valence-electron chi connectivity index (χ4n) is 1.78. The number of rotatable bonds is 4. The summed E-state index contributed by atoms with van der Waals surface area (Å²) in [6.45, 7) is 5.82. The first-order chi connectivity index (χ1) is 10.3. The van der Waals surface area contributed by atoms with E-state index in [1.54, 1.807) is 16.9 Å². The van der Waals surface area contributed by atoms with Gasteiger partial charge in [0.05, 0.1) is 18.3 Å². The van der Waals surface area contributed by atoms with Crippen molar-refractivity contribution >= 4 is 11.8 Å². The highest BCUT2D eigenvalue weighted by molar-refractivity contribution is 5.88. The van der Waals surface area contributed by atoms with Crippen LogP contribution in [-0.2, 0) is 12.1 Å². The van der Waals surface area contributed by atoms with Gasteiger partial charge in [-0.25, -0.2) is 18.3 Å². The lowest BCUT2D eigenvalue weighted by atomic mass is 10.1. The molecule has 9 heteroatoms. The standard InChI is InChI=1S/C13H17F2N5O2/c1-13(2,3)20-10(4-5-17-20)18-12(21)16-7-8-6-9(11(14)15)22-19-8/h4-6,11H,7H2,1-3H3,(H2,16,18,21). The van der Waals surface area contributed by atoms with Crippen LogP contribution in [0.4, 0.5) is 19.4 Å². The molecule has 0 unspecified atom stereocenters. The number of carbonyl (C=O) groups is 1. The molecule has 0 aliphatic rings. The Morgan fingerprint density at radius 3 is 2.77 bits per heavy atom. The molecule has 0 fully saturated rings. The monoisotopic (exact) mass is 313 g/mol. The van der Waals surface area contributed by atoms with Crippen LogP contribution in [0, 0.1) is 0 Å². The first-order valence-corrected chi connectivity index (χ1v) is 6.60. The molecule has 2 rings (SSSR count). The number of urea groups is 1. The molecule has 2 amide bonds. The minimum Gasteiger partial charge on any atom is -0.355 e. The van der Waals surface area contributed by atoms with Crippen LogP contribution < -0.4 is 10.6 Å². The Labute approximate surface area is 125 Å². The molecule has 0 spiro atoms. The van der Waals surface area contributed by atoms with Crippen molar-refractivity contribution in [3.8, 4) is 0 Å². The Bertz CT molecular complexity index is 645. The van der Waals surface area contributed by atoms with Crippen LogP contribution in [-0.4, -0.2) is 21.0 Å². The molecule has 7 nitrogen and oxygen atoms in total. The highest BCUT2D eigenvalue weighted by Crippen LogP contribution is 2.20. The molecule has 0 saturated carbocycles. The van der Waals surface area contributed by atoms with Crippen molar-refractivity contribution in [3.05, 3.63) is 29.8 Å². The fourth-order valence-corrected chi connectivity index (χ4v) is 1.78. The van der Waals surface area contributed by atoms with Crippen molar-refractivity contribution in [2.75, 3.05) is 5.32 Å². The average molecular weight is 313 g/mol. The molecule has 120 valence electrons. The van der Waals surface area contributed by atoms with E-state index in [0.29, 0.717) is 5.82 Å². The largest absolute Gasteiger partial charge is 0.355 e. The quantitative estimate of drug-likeness (QED) is 0.909. The summed E-state index contributed by atoms with van der Waals surface area (Å²) >= 11 is 0. The van der Waals surface area contributed by atoms with Gasteiger partial charge >= 0.3 is 6.03 Å². The van der Waals surface area contributed by atoms with E-state index < -0.39 is 18.2 Å². The van der Waals surface area contributed by atoms with Gasteiger partial charge in [0.25, 0.3) is 6.43 Å². The summed E-state index contributed by atoms with van der Waals surface area (Å²) in [6, 6.07) is 2.27. The molecule has 2 aromatic rings. The zero-order valence-corrected chi connectivity index (χ0v) is 12.4. The maximum Gasteiger partial charge on any atom is 0.320 e. The number of hydrogen-bond donors (Lipinski definition) is 2. The number of nitrogens with one attached hydrogen (secondary N) is 2. The van der Waals surface area contributed by atoms with Crippen molar-refractivity contribution in [1.29, 1.82) is 0 Å². The molecule has 2 aromatic heterocycles.